The van der Waals surface area contributed by atoms with Crippen LogP contribution in [0.25, 0.3) is 0 Å². The molecular formula is C28H38O7. The second kappa shape index (κ2) is 8.09. The Morgan fingerprint density at radius 1 is 1.23 bits per heavy atom. The molecule has 0 spiro atoms. The van der Waals surface area contributed by atoms with Crippen LogP contribution in [0.15, 0.2) is 23.8 Å². The maximum Gasteiger partial charge on any atom is 0.306 e. The number of Topliss-reactive ketones (excluding diaryl/α,β-unsaturated/α-hetero) is 1. The fraction of sp³-hybridized carbons (Fsp3) is 0.750. The molecule has 1 N–H and O–H groups in total. The number of allylic oxidation sites excluding steroid dienone is 4. The van der Waals surface area contributed by atoms with Crippen molar-refractivity contribution in [1.82, 2.24) is 0 Å². The van der Waals surface area contributed by atoms with Crippen LogP contribution in [-0.2, 0) is 28.6 Å². The van der Waals surface area contributed by atoms with Crippen LogP contribution >= 0.6 is 0 Å². The lowest BCUT2D eigenvalue weighted by atomic mass is 9.46. The fourth-order valence-corrected chi connectivity index (χ4v) is 8.45. The lowest BCUT2D eigenvalue weighted by Crippen LogP contribution is -2.64. The second-order valence-electron chi connectivity index (χ2n) is 12.1. The maximum absolute atomic E-state index is 13.9. The highest BCUT2D eigenvalue weighted by molar-refractivity contribution is 6.01. The lowest BCUT2D eigenvalue weighted by molar-refractivity contribution is -0.225. The highest BCUT2D eigenvalue weighted by Crippen LogP contribution is 2.70. The zero-order valence-electron chi connectivity index (χ0n) is 21.5. The Morgan fingerprint density at radius 3 is 2.69 bits per heavy atom. The number of carbonyl (C=O) groups excluding carboxylic acids is 3. The summed E-state index contributed by atoms with van der Waals surface area (Å²) in [4.78, 5) is 38.0. The van der Waals surface area contributed by atoms with Crippen LogP contribution in [0.3, 0.4) is 0 Å². The summed E-state index contributed by atoms with van der Waals surface area (Å²) in [5.74, 6) is -1.43. The van der Waals surface area contributed by atoms with Gasteiger partial charge in [-0.2, -0.15) is 0 Å². The molecule has 7 nitrogen and oxygen atoms in total. The molecule has 0 aromatic carbocycles. The van der Waals surface area contributed by atoms with Gasteiger partial charge in [0.2, 0.25) is 5.78 Å². The smallest absolute Gasteiger partial charge is 0.306 e. The van der Waals surface area contributed by atoms with Crippen LogP contribution in [0.1, 0.15) is 73.1 Å². The summed E-state index contributed by atoms with van der Waals surface area (Å²) in [6.07, 6.45) is 7.79. The van der Waals surface area contributed by atoms with Gasteiger partial charge in [-0.3, -0.25) is 14.4 Å². The number of ether oxygens (including phenoxy) is 3. The Bertz CT molecular complexity index is 1010. The van der Waals surface area contributed by atoms with Gasteiger partial charge in [0.25, 0.3) is 0 Å². The molecular weight excluding hydrogens is 448 g/mol. The highest BCUT2D eigenvalue weighted by atomic mass is 16.8. The van der Waals surface area contributed by atoms with Gasteiger partial charge in [-0.15, -0.1) is 0 Å². The highest BCUT2D eigenvalue weighted by Gasteiger charge is 2.76. The number of carbonyl (C=O) groups is 3. The van der Waals surface area contributed by atoms with Crippen LogP contribution in [0, 0.1) is 28.6 Å². The molecule has 0 unspecified atom stereocenters. The van der Waals surface area contributed by atoms with Crippen molar-refractivity contribution in [1.29, 1.82) is 0 Å². The molecule has 1 heterocycles. The quantitative estimate of drug-likeness (QED) is 0.592. The van der Waals surface area contributed by atoms with Crippen molar-refractivity contribution >= 4 is 17.5 Å². The molecule has 7 heteroatoms. The van der Waals surface area contributed by atoms with Crippen molar-refractivity contribution in [2.24, 2.45) is 28.6 Å². The van der Waals surface area contributed by atoms with E-state index in [9.17, 15) is 19.5 Å². The second-order valence-corrected chi connectivity index (χ2v) is 12.1. The van der Waals surface area contributed by atoms with Crippen molar-refractivity contribution in [2.75, 3.05) is 6.61 Å². The van der Waals surface area contributed by atoms with Crippen molar-refractivity contribution in [3.63, 3.8) is 0 Å². The number of esters is 1. The Balaban J connectivity index is 1.51. The zero-order valence-corrected chi connectivity index (χ0v) is 21.5. The number of rotatable bonds is 5. The Morgan fingerprint density at radius 2 is 1.97 bits per heavy atom. The summed E-state index contributed by atoms with van der Waals surface area (Å²) in [5, 5.41) is 11.7. The molecule has 0 radical (unpaired) electrons. The van der Waals surface area contributed by atoms with E-state index in [-0.39, 0.29) is 47.8 Å². The van der Waals surface area contributed by atoms with Crippen molar-refractivity contribution in [3.05, 3.63) is 23.8 Å². The van der Waals surface area contributed by atoms with E-state index >= 15 is 0 Å². The molecule has 8 atom stereocenters. The first-order valence-electron chi connectivity index (χ1n) is 13.1. The molecule has 5 rings (SSSR count). The van der Waals surface area contributed by atoms with Crippen molar-refractivity contribution in [2.45, 2.75) is 96.7 Å². The van der Waals surface area contributed by atoms with Gasteiger partial charge >= 0.3 is 5.97 Å². The van der Waals surface area contributed by atoms with Crippen molar-refractivity contribution in [3.8, 4) is 0 Å². The first-order chi connectivity index (χ1) is 16.4. The first kappa shape index (κ1) is 24.8. The molecule has 0 amide bonds. The number of aliphatic hydroxyl groups is 1. The number of aliphatic hydroxyl groups excluding tert-OH is 1. The SMILES string of the molecule is CCCC(=O)OCC(=O)[C@@]12OC(C)(C)O[C@@H]1C[C@H]1[C@@H]3CCC4=CC(=O)C=C[C@]4(C)[C@H]3[C@@H](O)C[C@@]12C. The van der Waals surface area contributed by atoms with Crippen LogP contribution in [0.5, 0.6) is 0 Å². The number of fused-ring (bicyclic) bond motifs is 7. The molecule has 5 aliphatic rings. The summed E-state index contributed by atoms with van der Waals surface area (Å²) < 4.78 is 18.2. The molecule has 1 aliphatic heterocycles. The molecule has 35 heavy (non-hydrogen) atoms. The molecule has 1 saturated heterocycles. The van der Waals surface area contributed by atoms with Gasteiger partial charge in [0, 0.05) is 23.2 Å². The predicted molar refractivity (Wildman–Crippen MR) is 127 cm³/mol. The third kappa shape index (κ3) is 3.45. The molecule has 3 saturated carbocycles. The monoisotopic (exact) mass is 486 g/mol. The minimum Gasteiger partial charge on any atom is -0.458 e. The number of hydrogen-bond donors (Lipinski definition) is 1. The number of ketones is 2. The normalized spacial score (nSPS) is 45.1. The summed E-state index contributed by atoms with van der Waals surface area (Å²) in [5.41, 5.74) is -1.25. The van der Waals surface area contributed by atoms with Gasteiger partial charge in [0.1, 0.15) is 0 Å². The van der Waals surface area contributed by atoms with Gasteiger partial charge in [-0.05, 0) is 69.9 Å². The number of hydrogen-bond acceptors (Lipinski definition) is 7. The zero-order chi connectivity index (χ0) is 25.4. The van der Waals surface area contributed by atoms with E-state index in [0.29, 0.717) is 19.3 Å². The Labute approximate surface area is 207 Å². The Kier molecular flexibility index (Phi) is 5.74. The summed E-state index contributed by atoms with van der Waals surface area (Å²) in [6, 6.07) is 0. The van der Waals surface area contributed by atoms with Gasteiger partial charge in [0.05, 0.1) is 12.2 Å². The van der Waals surface area contributed by atoms with Gasteiger partial charge in [-0.25, -0.2) is 0 Å². The molecule has 4 fully saturated rings. The standard InChI is InChI=1S/C28H38O7/c1-6-7-23(32)33-15-21(31)28-22(34-25(2,3)35-28)13-19-18-9-8-16-12-17(29)10-11-26(16,4)24(18)20(30)14-27(19,28)5/h10-12,18-20,22,24,30H,6-9,13-15H2,1-5H3/t18-,19-,20-,22+,24+,26-,27-,28+/m0/s1. The average molecular weight is 487 g/mol. The lowest BCUT2D eigenvalue weighted by Gasteiger charge is -2.59. The van der Waals surface area contributed by atoms with Crippen LogP contribution in [0.2, 0.25) is 0 Å². The van der Waals surface area contributed by atoms with E-state index in [1.165, 1.54) is 0 Å². The average Bonchev–Trinajstić information content (AvgIpc) is 3.18. The Hall–Kier alpha value is -1.83. The van der Waals surface area contributed by atoms with E-state index in [4.69, 9.17) is 14.2 Å². The summed E-state index contributed by atoms with van der Waals surface area (Å²) >= 11 is 0. The van der Waals surface area contributed by atoms with Gasteiger partial charge < -0.3 is 19.3 Å². The van der Waals surface area contributed by atoms with Crippen LogP contribution < -0.4 is 0 Å². The molecule has 0 aromatic rings. The minimum absolute atomic E-state index is 0.00709. The minimum atomic E-state index is -1.28. The van der Waals surface area contributed by atoms with Crippen LogP contribution in [0.4, 0.5) is 0 Å². The van der Waals surface area contributed by atoms with E-state index in [1.807, 2.05) is 26.8 Å². The third-order valence-corrected chi connectivity index (χ3v) is 9.72. The molecule has 192 valence electrons. The van der Waals surface area contributed by atoms with E-state index in [2.05, 4.69) is 13.8 Å². The topological polar surface area (TPSA) is 99.1 Å². The predicted octanol–water partition coefficient (Wildman–Crippen LogP) is 3.68. The molecule has 4 aliphatic carbocycles. The summed E-state index contributed by atoms with van der Waals surface area (Å²) in [6.45, 7) is 9.35. The van der Waals surface area contributed by atoms with E-state index < -0.39 is 35.0 Å². The van der Waals surface area contributed by atoms with E-state index in [1.54, 1.807) is 12.2 Å². The van der Waals surface area contributed by atoms with Gasteiger partial charge in [-0.1, -0.05) is 32.4 Å². The van der Waals surface area contributed by atoms with Crippen LogP contribution in [-0.4, -0.2) is 52.8 Å². The largest absolute Gasteiger partial charge is 0.458 e. The van der Waals surface area contributed by atoms with Crippen molar-refractivity contribution < 1.29 is 33.7 Å². The molecule has 0 aromatic heterocycles. The first-order valence-corrected chi connectivity index (χ1v) is 13.1. The fourth-order valence-electron chi connectivity index (χ4n) is 8.45. The van der Waals surface area contributed by atoms with E-state index in [0.717, 1.165) is 18.4 Å². The molecule has 0 bridgehead atoms. The maximum atomic E-state index is 13.9. The van der Waals surface area contributed by atoms with Gasteiger partial charge in [0.15, 0.2) is 23.8 Å². The summed E-state index contributed by atoms with van der Waals surface area (Å²) in [7, 11) is 0. The third-order valence-electron chi connectivity index (χ3n) is 9.72.